The van der Waals surface area contributed by atoms with E-state index in [0.717, 1.165) is 30.9 Å². The van der Waals surface area contributed by atoms with Gasteiger partial charge < -0.3 is 15.2 Å². The van der Waals surface area contributed by atoms with E-state index >= 15 is 0 Å². The van der Waals surface area contributed by atoms with E-state index in [-0.39, 0.29) is 0 Å². The Bertz CT molecular complexity index is 389. The molecule has 3 nitrogen and oxygen atoms in total. The maximum absolute atomic E-state index is 5.62. The zero-order valence-electron chi connectivity index (χ0n) is 8.66. The lowest BCUT2D eigenvalue weighted by Gasteiger charge is -2.10. The maximum Gasteiger partial charge on any atom is 0.231 e. The summed E-state index contributed by atoms with van der Waals surface area (Å²) in [6.45, 7) is 1.12. The molecule has 80 valence electrons. The lowest BCUT2D eigenvalue weighted by Crippen LogP contribution is -2.04. The monoisotopic (exact) mass is 205 g/mol. The van der Waals surface area contributed by atoms with Gasteiger partial charge in [0.1, 0.15) is 0 Å². The average molecular weight is 205 g/mol. The first-order chi connectivity index (χ1) is 7.38. The molecule has 0 radical (unpaired) electrons. The highest BCUT2D eigenvalue weighted by molar-refractivity contribution is 5.51. The molecule has 0 spiro atoms. The van der Waals surface area contributed by atoms with E-state index in [1.165, 1.54) is 17.5 Å². The van der Waals surface area contributed by atoms with E-state index in [1.807, 2.05) is 0 Å². The third-order valence-electron chi connectivity index (χ3n) is 3.35. The fraction of sp³-hybridized carbons (Fsp3) is 0.500. The molecule has 1 aliphatic heterocycles. The van der Waals surface area contributed by atoms with Gasteiger partial charge in [-0.05, 0) is 55.0 Å². The topological polar surface area (TPSA) is 44.5 Å². The molecule has 1 aliphatic carbocycles. The Morgan fingerprint density at radius 3 is 2.87 bits per heavy atom. The Kier molecular flexibility index (Phi) is 2.06. The van der Waals surface area contributed by atoms with E-state index in [4.69, 9.17) is 15.2 Å². The van der Waals surface area contributed by atoms with Crippen molar-refractivity contribution in [2.45, 2.75) is 25.2 Å². The Hall–Kier alpha value is -1.22. The molecule has 0 bridgehead atoms. The summed E-state index contributed by atoms with van der Waals surface area (Å²) in [5, 5.41) is 0. The Morgan fingerprint density at radius 2 is 2.07 bits per heavy atom. The third kappa shape index (κ3) is 1.38. The number of ether oxygens (including phenoxy) is 2. The number of hydrogen-bond donors (Lipinski definition) is 1. The molecule has 0 saturated heterocycles. The lowest BCUT2D eigenvalue weighted by atomic mass is 9.97. The number of aryl methyl sites for hydroxylation is 1. The van der Waals surface area contributed by atoms with Gasteiger partial charge in [0.15, 0.2) is 11.5 Å². The molecular weight excluding hydrogens is 190 g/mol. The van der Waals surface area contributed by atoms with Crippen LogP contribution in [0.5, 0.6) is 11.5 Å². The number of hydrogen-bond acceptors (Lipinski definition) is 3. The standard InChI is InChI=1S/C12H15NO2/c13-4-3-8-1-2-9-5-11-12(6-10(8)9)15-7-14-11/h5-6,8H,1-4,7,13H2. The Morgan fingerprint density at radius 1 is 1.27 bits per heavy atom. The van der Waals surface area contributed by atoms with Crippen molar-refractivity contribution in [1.29, 1.82) is 0 Å². The second kappa shape index (κ2) is 3.42. The largest absolute Gasteiger partial charge is 0.454 e. The molecule has 1 aromatic carbocycles. The normalized spacial score (nSPS) is 21.8. The van der Waals surface area contributed by atoms with Gasteiger partial charge in [-0.15, -0.1) is 0 Å². The van der Waals surface area contributed by atoms with Crippen molar-refractivity contribution in [2.75, 3.05) is 13.3 Å². The molecule has 1 atom stereocenters. The van der Waals surface area contributed by atoms with Crippen molar-refractivity contribution in [3.63, 3.8) is 0 Å². The van der Waals surface area contributed by atoms with Crippen molar-refractivity contribution in [3.8, 4) is 11.5 Å². The molecule has 3 rings (SSSR count). The maximum atomic E-state index is 5.62. The molecular formula is C12H15NO2. The van der Waals surface area contributed by atoms with Crippen LogP contribution in [0, 0.1) is 0 Å². The second-order valence-electron chi connectivity index (χ2n) is 4.22. The van der Waals surface area contributed by atoms with Crippen LogP contribution in [0.4, 0.5) is 0 Å². The molecule has 0 aromatic heterocycles. The summed E-state index contributed by atoms with van der Waals surface area (Å²) in [5.41, 5.74) is 8.46. The van der Waals surface area contributed by atoms with Gasteiger partial charge in [0.2, 0.25) is 6.79 Å². The summed E-state index contributed by atoms with van der Waals surface area (Å²) in [5.74, 6) is 2.43. The summed E-state index contributed by atoms with van der Waals surface area (Å²) in [6.07, 6.45) is 3.44. The predicted octanol–water partition coefficient (Wildman–Crippen LogP) is 1.79. The van der Waals surface area contributed by atoms with Gasteiger partial charge in [-0.2, -0.15) is 0 Å². The van der Waals surface area contributed by atoms with Gasteiger partial charge in [-0.1, -0.05) is 0 Å². The minimum absolute atomic E-state index is 0.361. The van der Waals surface area contributed by atoms with E-state index < -0.39 is 0 Å². The van der Waals surface area contributed by atoms with Crippen LogP contribution in [0.2, 0.25) is 0 Å². The fourth-order valence-electron chi connectivity index (χ4n) is 2.58. The van der Waals surface area contributed by atoms with Crippen molar-refractivity contribution in [2.24, 2.45) is 5.73 Å². The number of benzene rings is 1. The minimum atomic E-state index is 0.361. The van der Waals surface area contributed by atoms with Crippen LogP contribution < -0.4 is 15.2 Å². The molecule has 3 heteroatoms. The van der Waals surface area contributed by atoms with Crippen molar-refractivity contribution >= 4 is 0 Å². The van der Waals surface area contributed by atoms with Gasteiger partial charge in [0.25, 0.3) is 0 Å². The summed E-state index contributed by atoms with van der Waals surface area (Å²) in [7, 11) is 0. The van der Waals surface area contributed by atoms with Gasteiger partial charge in [-0.25, -0.2) is 0 Å². The zero-order chi connectivity index (χ0) is 10.3. The minimum Gasteiger partial charge on any atom is -0.454 e. The highest BCUT2D eigenvalue weighted by Crippen LogP contribution is 2.43. The van der Waals surface area contributed by atoms with Gasteiger partial charge in [-0.3, -0.25) is 0 Å². The smallest absolute Gasteiger partial charge is 0.231 e. The summed E-state index contributed by atoms with van der Waals surface area (Å²) in [4.78, 5) is 0. The van der Waals surface area contributed by atoms with E-state index in [0.29, 0.717) is 12.7 Å². The molecule has 0 fully saturated rings. The molecule has 2 aliphatic rings. The highest BCUT2D eigenvalue weighted by atomic mass is 16.7. The Balaban J connectivity index is 1.98. The van der Waals surface area contributed by atoms with E-state index in [2.05, 4.69) is 12.1 Å². The SMILES string of the molecule is NCCC1CCc2cc3c(cc21)OCO3. The number of nitrogens with two attached hydrogens (primary N) is 1. The lowest BCUT2D eigenvalue weighted by molar-refractivity contribution is 0.174. The molecule has 0 amide bonds. The number of rotatable bonds is 2. The summed E-state index contributed by atoms with van der Waals surface area (Å²) < 4.78 is 10.8. The van der Waals surface area contributed by atoms with Gasteiger partial charge >= 0.3 is 0 Å². The van der Waals surface area contributed by atoms with Crippen LogP contribution in [0.3, 0.4) is 0 Å². The summed E-state index contributed by atoms with van der Waals surface area (Å²) >= 11 is 0. The second-order valence-corrected chi connectivity index (χ2v) is 4.22. The fourth-order valence-corrected chi connectivity index (χ4v) is 2.58. The molecule has 0 saturated carbocycles. The van der Waals surface area contributed by atoms with Crippen molar-refractivity contribution in [1.82, 2.24) is 0 Å². The molecule has 1 aromatic rings. The van der Waals surface area contributed by atoms with Crippen molar-refractivity contribution in [3.05, 3.63) is 23.3 Å². The first kappa shape index (κ1) is 9.04. The number of fused-ring (bicyclic) bond motifs is 2. The Labute approximate surface area is 89.2 Å². The summed E-state index contributed by atoms with van der Waals surface area (Å²) in [6, 6.07) is 4.28. The first-order valence-corrected chi connectivity index (χ1v) is 5.51. The molecule has 1 unspecified atom stereocenters. The molecule has 2 N–H and O–H groups in total. The van der Waals surface area contributed by atoms with Crippen LogP contribution in [0.1, 0.15) is 29.9 Å². The van der Waals surface area contributed by atoms with E-state index in [9.17, 15) is 0 Å². The predicted molar refractivity (Wildman–Crippen MR) is 57.3 cm³/mol. The zero-order valence-corrected chi connectivity index (χ0v) is 8.66. The molecule has 1 heterocycles. The van der Waals surface area contributed by atoms with Gasteiger partial charge in [0, 0.05) is 0 Å². The van der Waals surface area contributed by atoms with Crippen LogP contribution in [0.15, 0.2) is 12.1 Å². The third-order valence-corrected chi connectivity index (χ3v) is 3.35. The quantitative estimate of drug-likeness (QED) is 0.800. The first-order valence-electron chi connectivity index (χ1n) is 5.51. The van der Waals surface area contributed by atoms with E-state index in [1.54, 1.807) is 0 Å². The molecule has 15 heavy (non-hydrogen) atoms. The van der Waals surface area contributed by atoms with Crippen LogP contribution in [-0.4, -0.2) is 13.3 Å². The van der Waals surface area contributed by atoms with Crippen LogP contribution in [-0.2, 0) is 6.42 Å². The van der Waals surface area contributed by atoms with Crippen molar-refractivity contribution < 1.29 is 9.47 Å². The average Bonchev–Trinajstić information content (AvgIpc) is 2.82. The van der Waals surface area contributed by atoms with Gasteiger partial charge in [0.05, 0.1) is 0 Å². The van der Waals surface area contributed by atoms with Crippen LogP contribution in [0.25, 0.3) is 0 Å². The highest BCUT2D eigenvalue weighted by Gasteiger charge is 2.26. The van der Waals surface area contributed by atoms with Crippen LogP contribution >= 0.6 is 0 Å².